The Kier molecular flexibility index (Phi) is 3.57. The number of aromatic nitrogens is 1. The van der Waals surface area contributed by atoms with E-state index in [9.17, 15) is 4.79 Å². The summed E-state index contributed by atoms with van der Waals surface area (Å²) in [5, 5.41) is 0.458. The van der Waals surface area contributed by atoms with Crippen molar-refractivity contribution < 1.29 is 9.53 Å². The van der Waals surface area contributed by atoms with Crippen LogP contribution in [0.1, 0.15) is 15.9 Å². The van der Waals surface area contributed by atoms with Gasteiger partial charge in [-0.3, -0.25) is 4.79 Å². The van der Waals surface area contributed by atoms with Gasteiger partial charge in [-0.15, -0.1) is 0 Å². The fourth-order valence-corrected chi connectivity index (χ4v) is 1.79. The van der Waals surface area contributed by atoms with E-state index in [2.05, 4.69) is 4.98 Å². The fraction of sp³-hybridized carbons (Fsp3) is 0.0769. The van der Waals surface area contributed by atoms with Crippen molar-refractivity contribution in [2.45, 2.75) is 6.92 Å². The Bertz CT molecular complexity index is 644. The molecule has 1 amide bonds. The maximum atomic E-state index is 11.2. The van der Waals surface area contributed by atoms with Crippen LogP contribution in [0.25, 0.3) is 0 Å². The van der Waals surface area contributed by atoms with Gasteiger partial charge in [-0.05, 0) is 24.6 Å². The summed E-state index contributed by atoms with van der Waals surface area (Å²) in [4.78, 5) is 15.1. The number of hydrogen-bond acceptors (Lipinski definition) is 4. The minimum absolute atomic E-state index is 0.160. The van der Waals surface area contributed by atoms with E-state index in [4.69, 9.17) is 27.8 Å². The SMILES string of the molecule is Cc1ccc(Oc2cc(C(N)=O)c(N)cn2)c(Cl)c1. The monoisotopic (exact) mass is 277 g/mol. The van der Waals surface area contributed by atoms with Crippen molar-refractivity contribution in [1.29, 1.82) is 0 Å². The average molecular weight is 278 g/mol. The first-order valence-corrected chi connectivity index (χ1v) is 5.84. The van der Waals surface area contributed by atoms with E-state index in [0.29, 0.717) is 10.8 Å². The number of hydrogen-bond donors (Lipinski definition) is 2. The van der Waals surface area contributed by atoms with E-state index in [1.54, 1.807) is 12.1 Å². The summed E-state index contributed by atoms with van der Waals surface area (Å²) in [6, 6.07) is 6.73. The molecular weight excluding hydrogens is 266 g/mol. The Morgan fingerprint density at radius 1 is 1.37 bits per heavy atom. The lowest BCUT2D eigenvalue weighted by atomic mass is 10.2. The van der Waals surface area contributed by atoms with Gasteiger partial charge >= 0.3 is 0 Å². The lowest BCUT2D eigenvalue weighted by Crippen LogP contribution is -2.13. The number of carbonyl (C=O) groups is 1. The third-order valence-corrected chi connectivity index (χ3v) is 2.77. The molecule has 1 aromatic carbocycles. The minimum atomic E-state index is -0.639. The highest BCUT2D eigenvalue weighted by Crippen LogP contribution is 2.29. The Morgan fingerprint density at radius 2 is 2.11 bits per heavy atom. The second-order valence-corrected chi connectivity index (χ2v) is 4.42. The van der Waals surface area contributed by atoms with E-state index in [1.165, 1.54) is 12.3 Å². The first kappa shape index (κ1) is 13.2. The maximum Gasteiger partial charge on any atom is 0.251 e. The molecule has 0 spiro atoms. The molecule has 0 aliphatic rings. The van der Waals surface area contributed by atoms with E-state index in [-0.39, 0.29) is 17.1 Å². The zero-order chi connectivity index (χ0) is 14.0. The highest BCUT2D eigenvalue weighted by Gasteiger charge is 2.10. The number of carbonyl (C=O) groups excluding carboxylic acids is 1. The van der Waals surface area contributed by atoms with Crippen molar-refractivity contribution >= 4 is 23.2 Å². The molecule has 4 N–H and O–H groups in total. The van der Waals surface area contributed by atoms with Crippen LogP contribution in [0.15, 0.2) is 30.5 Å². The number of primary amides is 1. The van der Waals surface area contributed by atoms with Crippen molar-refractivity contribution in [3.8, 4) is 11.6 Å². The lowest BCUT2D eigenvalue weighted by Gasteiger charge is -2.09. The molecular formula is C13H12ClN3O2. The number of aryl methyl sites for hydroxylation is 1. The number of nitrogens with zero attached hydrogens (tertiary/aromatic N) is 1. The van der Waals surface area contributed by atoms with Gasteiger partial charge in [-0.1, -0.05) is 17.7 Å². The summed E-state index contributed by atoms with van der Waals surface area (Å²) in [6.45, 7) is 1.92. The van der Waals surface area contributed by atoms with Crippen molar-refractivity contribution in [3.05, 3.63) is 46.6 Å². The number of nitrogens with two attached hydrogens (primary N) is 2. The van der Waals surface area contributed by atoms with E-state index < -0.39 is 5.91 Å². The number of anilines is 1. The third-order valence-electron chi connectivity index (χ3n) is 2.48. The van der Waals surface area contributed by atoms with Gasteiger partial charge < -0.3 is 16.2 Å². The van der Waals surface area contributed by atoms with Crippen molar-refractivity contribution in [2.75, 3.05) is 5.73 Å². The zero-order valence-electron chi connectivity index (χ0n) is 10.2. The Labute approximate surface area is 115 Å². The molecule has 0 radical (unpaired) electrons. The first-order valence-electron chi connectivity index (χ1n) is 5.46. The highest BCUT2D eigenvalue weighted by atomic mass is 35.5. The summed E-state index contributed by atoms with van der Waals surface area (Å²) in [5.74, 6) is 0.00784. The number of halogens is 1. The number of nitrogen functional groups attached to an aromatic ring is 1. The predicted octanol–water partition coefficient (Wildman–Crippen LogP) is 2.52. The van der Waals surface area contributed by atoms with Crippen LogP contribution in [0.3, 0.4) is 0 Å². The fourth-order valence-electron chi connectivity index (χ4n) is 1.52. The van der Waals surface area contributed by atoms with Crippen LogP contribution < -0.4 is 16.2 Å². The zero-order valence-corrected chi connectivity index (χ0v) is 10.9. The van der Waals surface area contributed by atoms with Crippen LogP contribution in [0, 0.1) is 6.92 Å². The summed E-state index contributed by atoms with van der Waals surface area (Å²) in [5.41, 5.74) is 12.2. The van der Waals surface area contributed by atoms with Crippen LogP contribution in [0.5, 0.6) is 11.6 Å². The van der Waals surface area contributed by atoms with Crippen molar-refractivity contribution in [3.63, 3.8) is 0 Å². The number of amides is 1. The topological polar surface area (TPSA) is 91.2 Å². The molecule has 1 aromatic heterocycles. The molecule has 1 heterocycles. The van der Waals surface area contributed by atoms with Crippen LogP contribution in [-0.4, -0.2) is 10.9 Å². The van der Waals surface area contributed by atoms with Gasteiger partial charge in [-0.2, -0.15) is 0 Å². The average Bonchev–Trinajstić information content (AvgIpc) is 2.34. The van der Waals surface area contributed by atoms with E-state index in [0.717, 1.165) is 5.56 Å². The molecule has 98 valence electrons. The van der Waals surface area contributed by atoms with Crippen molar-refractivity contribution in [1.82, 2.24) is 4.98 Å². The molecule has 6 heteroatoms. The quantitative estimate of drug-likeness (QED) is 0.902. The minimum Gasteiger partial charge on any atom is -0.437 e. The highest BCUT2D eigenvalue weighted by molar-refractivity contribution is 6.32. The predicted molar refractivity (Wildman–Crippen MR) is 73.4 cm³/mol. The molecule has 19 heavy (non-hydrogen) atoms. The summed E-state index contributed by atoms with van der Waals surface area (Å²) >= 11 is 6.04. The van der Waals surface area contributed by atoms with Gasteiger partial charge in [0.25, 0.3) is 5.91 Å². The van der Waals surface area contributed by atoms with Gasteiger partial charge in [0.1, 0.15) is 5.75 Å². The van der Waals surface area contributed by atoms with Crippen LogP contribution in [0.2, 0.25) is 5.02 Å². The van der Waals surface area contributed by atoms with Gasteiger partial charge in [-0.25, -0.2) is 4.98 Å². The molecule has 0 unspecified atom stereocenters. The molecule has 0 saturated carbocycles. The summed E-state index contributed by atoms with van der Waals surface area (Å²) < 4.78 is 5.50. The Balaban J connectivity index is 2.33. The number of benzene rings is 1. The largest absolute Gasteiger partial charge is 0.437 e. The number of pyridine rings is 1. The molecule has 0 bridgehead atoms. The summed E-state index contributed by atoms with van der Waals surface area (Å²) in [7, 11) is 0. The number of rotatable bonds is 3. The second kappa shape index (κ2) is 5.16. The smallest absolute Gasteiger partial charge is 0.251 e. The molecule has 0 saturated heterocycles. The lowest BCUT2D eigenvalue weighted by molar-refractivity contribution is 0.100. The van der Waals surface area contributed by atoms with E-state index in [1.807, 2.05) is 13.0 Å². The van der Waals surface area contributed by atoms with Gasteiger partial charge in [0, 0.05) is 6.07 Å². The maximum absolute atomic E-state index is 11.2. The molecule has 2 aromatic rings. The molecule has 5 nitrogen and oxygen atoms in total. The van der Waals surface area contributed by atoms with Crippen LogP contribution >= 0.6 is 11.6 Å². The molecule has 0 atom stereocenters. The Morgan fingerprint density at radius 3 is 2.74 bits per heavy atom. The second-order valence-electron chi connectivity index (χ2n) is 4.01. The molecule has 0 fully saturated rings. The normalized spacial score (nSPS) is 10.2. The molecule has 2 rings (SSSR count). The van der Waals surface area contributed by atoms with Crippen LogP contribution in [0.4, 0.5) is 5.69 Å². The van der Waals surface area contributed by atoms with E-state index >= 15 is 0 Å². The van der Waals surface area contributed by atoms with Crippen LogP contribution in [-0.2, 0) is 0 Å². The number of ether oxygens (including phenoxy) is 1. The van der Waals surface area contributed by atoms with Gasteiger partial charge in [0.05, 0.1) is 22.5 Å². The van der Waals surface area contributed by atoms with Crippen molar-refractivity contribution in [2.24, 2.45) is 5.73 Å². The molecule has 0 aliphatic heterocycles. The standard InChI is InChI=1S/C13H12ClN3O2/c1-7-2-3-11(9(14)4-7)19-12-5-8(13(16)18)10(15)6-17-12/h2-6H,15H2,1H3,(H2,16,18). The van der Waals surface area contributed by atoms with Gasteiger partial charge in [0.15, 0.2) is 0 Å². The molecule has 0 aliphatic carbocycles. The first-order chi connectivity index (χ1) is 8.97. The summed E-state index contributed by atoms with van der Waals surface area (Å²) in [6.07, 6.45) is 1.32. The third kappa shape index (κ3) is 2.95. The Hall–Kier alpha value is -2.27. The van der Waals surface area contributed by atoms with Gasteiger partial charge in [0.2, 0.25) is 5.88 Å².